The number of nitrogens with zero attached hydrogens (tertiary/aromatic N) is 4. The van der Waals surface area contributed by atoms with Crippen LogP contribution in [0, 0.1) is 5.92 Å². The van der Waals surface area contributed by atoms with Crippen LogP contribution in [-0.4, -0.2) is 109 Å². The van der Waals surface area contributed by atoms with Gasteiger partial charge in [-0.05, 0) is 59.0 Å². The zero-order chi connectivity index (χ0) is 23.3. The van der Waals surface area contributed by atoms with Gasteiger partial charge in [-0.15, -0.1) is 0 Å². The van der Waals surface area contributed by atoms with Gasteiger partial charge in [-0.25, -0.2) is 4.79 Å². The summed E-state index contributed by atoms with van der Waals surface area (Å²) in [4.78, 5) is 32.6. The number of likely N-dealkylation sites (N-methyl/N-ethyl adjacent to an activating group) is 1. The molecule has 0 spiro atoms. The van der Waals surface area contributed by atoms with Gasteiger partial charge in [0.15, 0.2) is 6.23 Å². The quantitative estimate of drug-likeness (QED) is 0.414. The van der Waals surface area contributed by atoms with Gasteiger partial charge in [-0.2, -0.15) is 0 Å². The van der Waals surface area contributed by atoms with Crippen LogP contribution in [0.5, 0.6) is 0 Å². The average molecular weight is 453 g/mol. The van der Waals surface area contributed by atoms with Crippen molar-refractivity contribution in [2.45, 2.75) is 77.1 Å². The Morgan fingerprint density at radius 3 is 2.25 bits per heavy atom. The van der Waals surface area contributed by atoms with Crippen LogP contribution in [0.4, 0.5) is 4.79 Å². The van der Waals surface area contributed by atoms with Gasteiger partial charge in [-0.3, -0.25) is 19.5 Å². The van der Waals surface area contributed by atoms with Crippen LogP contribution < -0.4 is 0 Å². The summed E-state index contributed by atoms with van der Waals surface area (Å²) in [6.45, 7) is 12.8. The van der Waals surface area contributed by atoms with Gasteiger partial charge in [0.25, 0.3) is 0 Å². The highest BCUT2D eigenvalue weighted by atomic mass is 16.6. The third-order valence-electron chi connectivity index (χ3n) is 7.61. The standard InChI is InChI=1S/C24H44N4O4/c1-24(2,3)28-12-10-19(11-13-28)8-6-7-9-20-22(32-23(30)25(20)4)27-16-14-26(15-17-27)18-21(29)31-5/h19-20,22H,6-18H2,1-5H3. The Balaban J connectivity index is 1.40. The van der Waals surface area contributed by atoms with Crippen LogP contribution >= 0.6 is 0 Å². The Morgan fingerprint density at radius 2 is 1.66 bits per heavy atom. The molecule has 8 heteroatoms. The lowest BCUT2D eigenvalue weighted by Crippen LogP contribution is -2.54. The van der Waals surface area contributed by atoms with E-state index >= 15 is 0 Å². The molecule has 0 saturated carbocycles. The molecule has 0 bridgehead atoms. The van der Waals surface area contributed by atoms with E-state index in [-0.39, 0.29) is 29.9 Å². The maximum absolute atomic E-state index is 12.3. The Labute approximate surface area is 194 Å². The first-order chi connectivity index (χ1) is 15.2. The summed E-state index contributed by atoms with van der Waals surface area (Å²) in [5, 5.41) is 0. The van der Waals surface area contributed by atoms with Gasteiger partial charge in [0, 0.05) is 38.8 Å². The number of cyclic esters (lactones) is 1. The van der Waals surface area contributed by atoms with Crippen molar-refractivity contribution in [2.75, 3.05) is 60.0 Å². The number of esters is 1. The first-order valence-corrected chi connectivity index (χ1v) is 12.4. The van der Waals surface area contributed by atoms with Crippen LogP contribution in [-0.2, 0) is 14.3 Å². The molecule has 184 valence electrons. The molecule has 0 radical (unpaired) electrons. The summed E-state index contributed by atoms with van der Waals surface area (Å²) >= 11 is 0. The first-order valence-electron chi connectivity index (χ1n) is 12.4. The molecular formula is C24H44N4O4. The Bertz CT molecular complexity index is 622. The van der Waals surface area contributed by atoms with E-state index in [2.05, 4.69) is 35.5 Å². The Morgan fingerprint density at radius 1 is 1.03 bits per heavy atom. The molecule has 3 rings (SSSR count). The molecular weight excluding hydrogens is 408 g/mol. The molecule has 3 fully saturated rings. The number of rotatable bonds is 8. The number of likely N-dealkylation sites (tertiary alicyclic amines) is 1. The van der Waals surface area contributed by atoms with E-state index in [9.17, 15) is 9.59 Å². The van der Waals surface area contributed by atoms with Gasteiger partial charge in [0.1, 0.15) is 0 Å². The zero-order valence-corrected chi connectivity index (χ0v) is 20.8. The predicted octanol–water partition coefficient (Wildman–Crippen LogP) is 2.62. The zero-order valence-electron chi connectivity index (χ0n) is 20.8. The maximum atomic E-state index is 12.3. The number of hydrogen-bond donors (Lipinski definition) is 0. The summed E-state index contributed by atoms with van der Waals surface area (Å²) in [6, 6.07) is 0.109. The second-order valence-electron chi connectivity index (χ2n) is 10.7. The number of carbonyl (C=O) groups excluding carboxylic acids is 2. The van der Waals surface area contributed by atoms with Crippen molar-refractivity contribution in [1.29, 1.82) is 0 Å². The van der Waals surface area contributed by atoms with Crippen LogP contribution in [0.2, 0.25) is 0 Å². The number of piperazine rings is 1. The van der Waals surface area contributed by atoms with Gasteiger partial charge in [0.2, 0.25) is 0 Å². The normalized spacial score (nSPS) is 27.0. The molecule has 3 aliphatic heterocycles. The molecule has 3 aliphatic rings. The van der Waals surface area contributed by atoms with Crippen LogP contribution in [0.3, 0.4) is 0 Å². The SMILES string of the molecule is COC(=O)CN1CCN(C2OC(=O)N(C)C2CCCCC2CCN(C(C)(C)C)CC2)CC1. The van der Waals surface area contributed by atoms with Gasteiger partial charge in [0.05, 0.1) is 19.7 Å². The minimum atomic E-state index is -0.216. The number of ether oxygens (including phenoxy) is 2. The minimum Gasteiger partial charge on any atom is -0.468 e. The lowest BCUT2D eigenvalue weighted by atomic mass is 9.88. The van der Waals surface area contributed by atoms with E-state index in [4.69, 9.17) is 9.47 Å². The largest absolute Gasteiger partial charge is 0.468 e. The fourth-order valence-corrected chi connectivity index (χ4v) is 5.35. The van der Waals surface area contributed by atoms with Crippen molar-refractivity contribution in [3.05, 3.63) is 0 Å². The Hall–Kier alpha value is -1.38. The minimum absolute atomic E-state index is 0.109. The molecule has 3 saturated heterocycles. The van der Waals surface area contributed by atoms with Crippen molar-refractivity contribution in [3.63, 3.8) is 0 Å². The highest BCUT2D eigenvalue weighted by Crippen LogP contribution is 2.29. The van der Waals surface area contributed by atoms with Gasteiger partial charge in [-0.1, -0.05) is 19.3 Å². The third-order valence-corrected chi connectivity index (χ3v) is 7.61. The van der Waals surface area contributed by atoms with Crippen molar-refractivity contribution in [2.24, 2.45) is 5.92 Å². The smallest absolute Gasteiger partial charge is 0.411 e. The lowest BCUT2D eigenvalue weighted by molar-refractivity contribution is -0.142. The molecule has 1 amide bonds. The molecule has 0 aromatic rings. The molecule has 2 unspecified atom stereocenters. The van der Waals surface area contributed by atoms with E-state index in [1.54, 1.807) is 4.90 Å². The van der Waals surface area contributed by atoms with E-state index in [1.165, 1.54) is 45.9 Å². The van der Waals surface area contributed by atoms with Gasteiger partial charge < -0.3 is 14.4 Å². The summed E-state index contributed by atoms with van der Waals surface area (Å²) in [5.74, 6) is 0.638. The molecule has 8 nitrogen and oxygen atoms in total. The van der Waals surface area contributed by atoms with Crippen molar-refractivity contribution >= 4 is 12.1 Å². The molecule has 3 heterocycles. The number of piperidine rings is 1. The number of unbranched alkanes of at least 4 members (excludes halogenated alkanes) is 1. The average Bonchev–Trinajstić information content (AvgIpc) is 3.05. The van der Waals surface area contributed by atoms with Crippen molar-refractivity contribution in [3.8, 4) is 0 Å². The molecule has 0 N–H and O–H groups in total. The maximum Gasteiger partial charge on any atom is 0.411 e. The summed E-state index contributed by atoms with van der Waals surface area (Å²) in [7, 11) is 3.29. The topological polar surface area (TPSA) is 65.6 Å². The second kappa shape index (κ2) is 11.2. The van der Waals surface area contributed by atoms with Crippen LogP contribution in [0.25, 0.3) is 0 Å². The number of carbonyl (C=O) groups is 2. The number of methoxy groups -OCH3 is 1. The van der Waals surface area contributed by atoms with E-state index in [1.807, 2.05) is 7.05 Å². The van der Waals surface area contributed by atoms with E-state index in [0.717, 1.165) is 44.9 Å². The first kappa shape index (κ1) is 25.2. The highest BCUT2D eigenvalue weighted by molar-refractivity contribution is 5.71. The fourth-order valence-electron chi connectivity index (χ4n) is 5.35. The van der Waals surface area contributed by atoms with E-state index < -0.39 is 0 Å². The highest BCUT2D eigenvalue weighted by Gasteiger charge is 2.43. The summed E-state index contributed by atoms with van der Waals surface area (Å²) in [5.41, 5.74) is 0.282. The monoisotopic (exact) mass is 452 g/mol. The lowest BCUT2D eigenvalue weighted by Gasteiger charge is -2.41. The molecule has 0 aromatic heterocycles. The Kier molecular flexibility index (Phi) is 8.81. The number of hydrogen-bond acceptors (Lipinski definition) is 7. The summed E-state index contributed by atoms with van der Waals surface area (Å²) < 4.78 is 10.5. The van der Waals surface area contributed by atoms with Crippen molar-refractivity contribution in [1.82, 2.24) is 19.6 Å². The van der Waals surface area contributed by atoms with Crippen LogP contribution in [0.1, 0.15) is 59.3 Å². The predicted molar refractivity (Wildman–Crippen MR) is 124 cm³/mol. The molecule has 2 atom stereocenters. The number of amides is 1. The fraction of sp³-hybridized carbons (Fsp3) is 0.917. The molecule has 0 aliphatic carbocycles. The van der Waals surface area contributed by atoms with Crippen molar-refractivity contribution < 1.29 is 19.1 Å². The van der Waals surface area contributed by atoms with E-state index in [0.29, 0.717) is 6.54 Å². The summed E-state index contributed by atoms with van der Waals surface area (Å²) in [6.07, 6.45) is 6.84. The molecule has 32 heavy (non-hydrogen) atoms. The second-order valence-corrected chi connectivity index (χ2v) is 10.7. The third kappa shape index (κ3) is 6.58. The van der Waals surface area contributed by atoms with Gasteiger partial charge >= 0.3 is 12.1 Å². The molecule has 0 aromatic carbocycles. The van der Waals surface area contributed by atoms with Crippen LogP contribution in [0.15, 0.2) is 0 Å².